The molecule has 1 rings (SSSR count). The molecule has 0 spiro atoms. The lowest BCUT2D eigenvalue weighted by molar-refractivity contribution is 0.639. The first-order valence-electron chi connectivity index (χ1n) is 4.18. The van der Waals surface area contributed by atoms with Crippen molar-refractivity contribution in [2.24, 2.45) is 7.05 Å². The average Bonchev–Trinajstić information content (AvgIpc) is 2.45. The normalized spacial score (nSPS) is 13.1. The van der Waals surface area contributed by atoms with Crippen molar-refractivity contribution in [3.05, 3.63) is 18.0 Å². The van der Waals surface area contributed by atoms with Crippen LogP contribution in [0.1, 0.15) is 5.69 Å². The molecule has 1 unspecified atom stereocenters. The van der Waals surface area contributed by atoms with Gasteiger partial charge in [-0.15, -0.1) is 0 Å². The predicted molar refractivity (Wildman–Crippen MR) is 53.8 cm³/mol. The van der Waals surface area contributed by atoms with Crippen molar-refractivity contribution in [1.82, 2.24) is 15.1 Å². The summed E-state index contributed by atoms with van der Waals surface area (Å²) >= 11 is 0. The number of hydrogen-bond donors (Lipinski definition) is 1. The van der Waals surface area contributed by atoms with Crippen molar-refractivity contribution in [2.45, 2.75) is 6.54 Å². The summed E-state index contributed by atoms with van der Waals surface area (Å²) in [4.78, 5) is 0. The number of hydrogen-bond acceptors (Lipinski definition) is 3. The number of nitrogens with one attached hydrogen (secondary N) is 1. The van der Waals surface area contributed by atoms with E-state index in [2.05, 4.69) is 10.4 Å². The maximum Gasteiger partial charge on any atom is 0.0518 e. The second-order valence-corrected chi connectivity index (χ2v) is 4.45. The van der Waals surface area contributed by atoms with Crippen LogP contribution in [0, 0.1) is 0 Å². The maximum atomic E-state index is 10.7. The smallest absolute Gasteiger partial charge is 0.0518 e. The van der Waals surface area contributed by atoms with Crippen LogP contribution in [0.3, 0.4) is 0 Å². The largest absolute Gasteiger partial charge is 0.310 e. The average molecular weight is 201 g/mol. The van der Waals surface area contributed by atoms with E-state index < -0.39 is 10.8 Å². The fourth-order valence-corrected chi connectivity index (χ4v) is 1.44. The summed E-state index contributed by atoms with van der Waals surface area (Å²) < 4.78 is 12.6. The van der Waals surface area contributed by atoms with E-state index in [-0.39, 0.29) is 0 Å². The van der Waals surface area contributed by atoms with E-state index in [1.54, 1.807) is 12.5 Å². The van der Waals surface area contributed by atoms with Gasteiger partial charge in [-0.2, -0.15) is 5.10 Å². The summed E-state index contributed by atoms with van der Waals surface area (Å²) in [5.41, 5.74) is 1.14. The monoisotopic (exact) mass is 201 g/mol. The van der Waals surface area contributed by atoms with Crippen molar-refractivity contribution in [3.63, 3.8) is 0 Å². The topological polar surface area (TPSA) is 46.9 Å². The van der Waals surface area contributed by atoms with Crippen molar-refractivity contribution < 1.29 is 4.21 Å². The van der Waals surface area contributed by atoms with Gasteiger partial charge in [0, 0.05) is 49.1 Å². The van der Waals surface area contributed by atoms with Crippen molar-refractivity contribution in [3.8, 4) is 0 Å². The molecule has 0 radical (unpaired) electrons. The van der Waals surface area contributed by atoms with E-state index in [4.69, 9.17) is 0 Å². The number of nitrogens with zero attached hydrogens (tertiary/aromatic N) is 2. The van der Waals surface area contributed by atoms with Crippen LogP contribution in [0.2, 0.25) is 0 Å². The third-order valence-corrected chi connectivity index (χ3v) is 2.57. The van der Waals surface area contributed by atoms with Crippen LogP contribution in [-0.4, -0.2) is 32.5 Å². The Bertz CT molecular complexity index is 285. The molecule has 5 heteroatoms. The molecule has 0 aliphatic heterocycles. The van der Waals surface area contributed by atoms with Gasteiger partial charge in [0.25, 0.3) is 0 Å². The molecule has 0 saturated heterocycles. The van der Waals surface area contributed by atoms with Crippen molar-refractivity contribution in [2.75, 3.05) is 18.6 Å². The zero-order valence-electron chi connectivity index (χ0n) is 7.99. The molecule has 4 nitrogen and oxygen atoms in total. The Balaban J connectivity index is 2.20. The lowest BCUT2D eigenvalue weighted by Crippen LogP contribution is -2.21. The van der Waals surface area contributed by atoms with Crippen LogP contribution < -0.4 is 5.32 Å². The zero-order chi connectivity index (χ0) is 9.68. The molecule has 0 aliphatic rings. The number of aryl methyl sites for hydroxylation is 1. The molecule has 1 heterocycles. The van der Waals surface area contributed by atoms with Crippen molar-refractivity contribution in [1.29, 1.82) is 0 Å². The number of aromatic nitrogens is 2. The SMILES string of the molecule is Cn1nccc1CNCCS(C)=O. The molecule has 1 atom stereocenters. The Labute approximate surface area is 80.8 Å². The highest BCUT2D eigenvalue weighted by atomic mass is 32.2. The summed E-state index contributed by atoms with van der Waals surface area (Å²) in [5.74, 6) is 0.706. The third kappa shape index (κ3) is 3.69. The van der Waals surface area contributed by atoms with Gasteiger partial charge in [-0.1, -0.05) is 0 Å². The Morgan fingerprint density at radius 3 is 3.00 bits per heavy atom. The van der Waals surface area contributed by atoms with Gasteiger partial charge in [-0.3, -0.25) is 8.89 Å². The molecule has 0 bridgehead atoms. The van der Waals surface area contributed by atoms with Gasteiger partial charge in [0.2, 0.25) is 0 Å². The van der Waals surface area contributed by atoms with Gasteiger partial charge in [-0.05, 0) is 6.07 Å². The molecule has 0 amide bonds. The summed E-state index contributed by atoms with van der Waals surface area (Å²) in [6, 6.07) is 1.97. The molecule has 0 saturated carbocycles. The fourth-order valence-electron chi connectivity index (χ4n) is 1.01. The minimum Gasteiger partial charge on any atom is -0.310 e. The highest BCUT2D eigenvalue weighted by Crippen LogP contribution is 1.94. The zero-order valence-corrected chi connectivity index (χ0v) is 8.80. The van der Waals surface area contributed by atoms with Gasteiger partial charge in [0.1, 0.15) is 0 Å². The third-order valence-electron chi connectivity index (χ3n) is 1.79. The van der Waals surface area contributed by atoms with Crippen molar-refractivity contribution >= 4 is 10.8 Å². The summed E-state index contributed by atoms with van der Waals surface area (Å²) in [5, 5.41) is 7.25. The molecule has 0 aliphatic carbocycles. The second kappa shape index (κ2) is 5.14. The minimum atomic E-state index is -0.704. The van der Waals surface area contributed by atoms with Crippen LogP contribution >= 0.6 is 0 Å². The van der Waals surface area contributed by atoms with E-state index in [0.29, 0.717) is 5.75 Å². The predicted octanol–water partition coefficient (Wildman–Crippen LogP) is -0.112. The Kier molecular flexibility index (Phi) is 4.11. The highest BCUT2D eigenvalue weighted by Gasteiger charge is 1.97. The maximum absolute atomic E-state index is 10.7. The van der Waals surface area contributed by atoms with Gasteiger partial charge >= 0.3 is 0 Å². The van der Waals surface area contributed by atoms with Crippen LogP contribution in [-0.2, 0) is 24.4 Å². The minimum absolute atomic E-state index is 0.704. The van der Waals surface area contributed by atoms with E-state index in [1.807, 2.05) is 17.8 Å². The Morgan fingerprint density at radius 2 is 2.46 bits per heavy atom. The highest BCUT2D eigenvalue weighted by molar-refractivity contribution is 7.84. The van der Waals surface area contributed by atoms with E-state index in [9.17, 15) is 4.21 Å². The quantitative estimate of drug-likeness (QED) is 0.676. The van der Waals surface area contributed by atoms with Gasteiger partial charge in [0.05, 0.1) is 5.69 Å². The molecule has 0 fully saturated rings. The molecule has 1 aromatic rings. The Hall–Kier alpha value is -0.680. The van der Waals surface area contributed by atoms with E-state index in [1.165, 1.54) is 0 Å². The molecule has 13 heavy (non-hydrogen) atoms. The molecule has 74 valence electrons. The molecular weight excluding hydrogens is 186 g/mol. The first-order chi connectivity index (χ1) is 6.20. The lowest BCUT2D eigenvalue weighted by atomic mass is 10.4. The first kappa shape index (κ1) is 10.4. The van der Waals surface area contributed by atoms with E-state index in [0.717, 1.165) is 18.8 Å². The van der Waals surface area contributed by atoms with Crippen LogP contribution in [0.4, 0.5) is 0 Å². The van der Waals surface area contributed by atoms with E-state index >= 15 is 0 Å². The fraction of sp³-hybridized carbons (Fsp3) is 0.625. The van der Waals surface area contributed by atoms with Gasteiger partial charge in [-0.25, -0.2) is 0 Å². The van der Waals surface area contributed by atoms with Gasteiger partial charge < -0.3 is 5.32 Å². The number of rotatable bonds is 5. The molecule has 1 aromatic heterocycles. The standard InChI is InChI=1S/C8H15N3OS/c1-11-8(3-4-10-11)7-9-5-6-13(2)12/h3-4,9H,5-7H2,1-2H3. The first-order valence-corrected chi connectivity index (χ1v) is 5.90. The summed E-state index contributed by atoms with van der Waals surface area (Å²) in [7, 11) is 1.21. The lowest BCUT2D eigenvalue weighted by Gasteiger charge is -2.03. The summed E-state index contributed by atoms with van der Waals surface area (Å²) in [6.45, 7) is 1.57. The molecule has 0 aromatic carbocycles. The van der Waals surface area contributed by atoms with Gasteiger partial charge in [0.15, 0.2) is 0 Å². The van der Waals surface area contributed by atoms with Crippen LogP contribution in [0.5, 0.6) is 0 Å². The summed E-state index contributed by atoms with van der Waals surface area (Å²) in [6.07, 6.45) is 3.49. The Morgan fingerprint density at radius 1 is 1.69 bits per heavy atom. The molecular formula is C8H15N3OS. The van der Waals surface area contributed by atoms with Crippen LogP contribution in [0.25, 0.3) is 0 Å². The van der Waals surface area contributed by atoms with Crippen LogP contribution in [0.15, 0.2) is 12.3 Å². The molecule has 1 N–H and O–H groups in total. The second-order valence-electron chi connectivity index (χ2n) is 2.90.